The molecule has 4 heteroatoms. The van der Waals surface area contributed by atoms with E-state index in [-0.39, 0.29) is 0 Å². The Morgan fingerprint density at radius 3 is 2.67 bits per heavy atom. The number of hydrogen-bond acceptors (Lipinski definition) is 3. The Balaban J connectivity index is 2.15. The Kier molecular flexibility index (Phi) is 5.46. The zero-order chi connectivity index (χ0) is 15.1. The lowest BCUT2D eigenvalue weighted by Crippen LogP contribution is -1.99. The van der Waals surface area contributed by atoms with Gasteiger partial charge in [-0.3, -0.25) is 0 Å². The maximum atomic E-state index is 10.6. The van der Waals surface area contributed by atoms with Gasteiger partial charge in [0.15, 0.2) is 0 Å². The molecule has 0 fully saturated rings. The summed E-state index contributed by atoms with van der Waals surface area (Å²) in [5, 5.41) is 8.72. The van der Waals surface area contributed by atoms with Gasteiger partial charge in [-0.05, 0) is 35.6 Å². The molecule has 0 aliphatic rings. The van der Waals surface area contributed by atoms with E-state index < -0.39 is 5.97 Å². The third-order valence-corrected chi connectivity index (χ3v) is 3.69. The zero-order valence-electron chi connectivity index (χ0n) is 11.7. The van der Waals surface area contributed by atoms with Crippen LogP contribution in [0.5, 0.6) is 5.75 Å². The lowest BCUT2D eigenvalue weighted by atomic mass is 10.1. The van der Waals surface area contributed by atoms with E-state index in [9.17, 15) is 4.79 Å². The molecule has 2 aromatic rings. The van der Waals surface area contributed by atoms with Crippen molar-refractivity contribution in [2.24, 2.45) is 0 Å². The van der Waals surface area contributed by atoms with Crippen molar-refractivity contribution >= 4 is 23.8 Å². The predicted molar refractivity (Wildman–Crippen MR) is 85.7 cm³/mol. The van der Waals surface area contributed by atoms with Crippen molar-refractivity contribution in [1.29, 1.82) is 0 Å². The first-order chi connectivity index (χ1) is 10.2. The summed E-state index contributed by atoms with van der Waals surface area (Å²) >= 11 is 1.63. The second kappa shape index (κ2) is 7.55. The number of rotatable bonds is 6. The fourth-order valence-corrected chi connectivity index (χ4v) is 2.43. The van der Waals surface area contributed by atoms with Crippen molar-refractivity contribution in [2.75, 3.05) is 6.26 Å². The molecular formula is C17H16O3S. The number of benzene rings is 2. The van der Waals surface area contributed by atoms with Crippen molar-refractivity contribution in [3.63, 3.8) is 0 Å². The van der Waals surface area contributed by atoms with Gasteiger partial charge in [-0.25, -0.2) is 4.79 Å². The Labute approximate surface area is 128 Å². The summed E-state index contributed by atoms with van der Waals surface area (Å²) in [5.74, 6) is -0.125. The van der Waals surface area contributed by atoms with Gasteiger partial charge in [-0.15, -0.1) is 11.8 Å². The molecule has 21 heavy (non-hydrogen) atoms. The van der Waals surface area contributed by atoms with Crippen LogP contribution in [0.15, 0.2) is 59.5 Å². The van der Waals surface area contributed by atoms with E-state index in [1.807, 2.05) is 54.8 Å². The maximum absolute atomic E-state index is 10.6. The Hall–Kier alpha value is -2.20. The fraction of sp³-hybridized carbons (Fsp3) is 0.118. The van der Waals surface area contributed by atoms with E-state index in [1.165, 1.54) is 0 Å². The second-order valence-electron chi connectivity index (χ2n) is 4.31. The summed E-state index contributed by atoms with van der Waals surface area (Å²) in [4.78, 5) is 11.7. The number of carboxylic acid groups (broad SMARTS) is 1. The number of aliphatic carboxylic acids is 1. The number of carbonyl (C=O) groups is 1. The highest BCUT2D eigenvalue weighted by Gasteiger charge is 2.04. The van der Waals surface area contributed by atoms with E-state index >= 15 is 0 Å². The van der Waals surface area contributed by atoms with Crippen LogP contribution in [-0.4, -0.2) is 17.3 Å². The molecule has 0 saturated carbocycles. The van der Waals surface area contributed by atoms with Crippen molar-refractivity contribution < 1.29 is 14.6 Å². The highest BCUT2D eigenvalue weighted by atomic mass is 32.2. The minimum Gasteiger partial charge on any atom is -0.488 e. The van der Waals surface area contributed by atoms with Crippen LogP contribution < -0.4 is 4.74 Å². The molecule has 0 spiro atoms. The van der Waals surface area contributed by atoms with Crippen LogP contribution in [0.4, 0.5) is 0 Å². The molecule has 3 nitrogen and oxygen atoms in total. The molecular weight excluding hydrogens is 284 g/mol. The lowest BCUT2D eigenvalue weighted by Gasteiger charge is -2.11. The van der Waals surface area contributed by atoms with Crippen LogP contribution in [0, 0.1) is 0 Å². The van der Waals surface area contributed by atoms with Crippen molar-refractivity contribution in [1.82, 2.24) is 0 Å². The molecule has 108 valence electrons. The largest absolute Gasteiger partial charge is 0.488 e. The highest BCUT2D eigenvalue weighted by Crippen LogP contribution is 2.28. The minimum absolute atomic E-state index is 0.401. The van der Waals surface area contributed by atoms with Gasteiger partial charge in [-0.1, -0.05) is 36.4 Å². The predicted octanol–water partition coefficient (Wildman–Crippen LogP) is 4.09. The van der Waals surface area contributed by atoms with Gasteiger partial charge in [0.2, 0.25) is 0 Å². The number of para-hydroxylation sites is 1. The third-order valence-electron chi connectivity index (χ3n) is 2.91. The summed E-state index contributed by atoms with van der Waals surface area (Å²) in [6, 6.07) is 15.4. The van der Waals surface area contributed by atoms with E-state index in [0.717, 1.165) is 27.8 Å². The standard InChI is InChI=1S/C17H16O3S/c1-21-16-9-5-4-8-15(16)20-12-14-7-3-2-6-13(14)10-11-17(18)19/h2-11H,12H2,1H3,(H,18,19). The number of carboxylic acids is 1. The average Bonchev–Trinajstić information content (AvgIpc) is 2.51. The fourth-order valence-electron chi connectivity index (χ4n) is 1.88. The van der Waals surface area contributed by atoms with Gasteiger partial charge < -0.3 is 9.84 Å². The van der Waals surface area contributed by atoms with E-state index in [0.29, 0.717) is 6.61 Å². The molecule has 0 aromatic heterocycles. The Morgan fingerprint density at radius 2 is 1.90 bits per heavy atom. The summed E-state index contributed by atoms with van der Waals surface area (Å²) in [7, 11) is 0. The van der Waals surface area contributed by atoms with Crippen molar-refractivity contribution in [3.8, 4) is 5.75 Å². The van der Waals surface area contributed by atoms with Crippen LogP contribution in [0.25, 0.3) is 6.08 Å². The Bertz CT molecular complexity index is 650. The Morgan fingerprint density at radius 1 is 1.19 bits per heavy atom. The van der Waals surface area contributed by atoms with Gasteiger partial charge in [-0.2, -0.15) is 0 Å². The second-order valence-corrected chi connectivity index (χ2v) is 5.16. The topological polar surface area (TPSA) is 46.5 Å². The van der Waals surface area contributed by atoms with Crippen LogP contribution >= 0.6 is 11.8 Å². The maximum Gasteiger partial charge on any atom is 0.328 e. The quantitative estimate of drug-likeness (QED) is 0.645. The molecule has 0 aliphatic carbocycles. The molecule has 0 atom stereocenters. The van der Waals surface area contributed by atoms with Gasteiger partial charge >= 0.3 is 5.97 Å². The smallest absolute Gasteiger partial charge is 0.328 e. The van der Waals surface area contributed by atoms with Crippen LogP contribution in [0.2, 0.25) is 0 Å². The van der Waals surface area contributed by atoms with E-state index in [4.69, 9.17) is 9.84 Å². The molecule has 0 radical (unpaired) electrons. The molecule has 2 rings (SSSR count). The molecule has 0 bridgehead atoms. The van der Waals surface area contributed by atoms with Crippen LogP contribution in [0.3, 0.4) is 0 Å². The van der Waals surface area contributed by atoms with Gasteiger partial charge in [0.1, 0.15) is 12.4 Å². The van der Waals surface area contributed by atoms with Gasteiger partial charge in [0, 0.05) is 11.0 Å². The molecule has 1 N–H and O–H groups in total. The first-order valence-electron chi connectivity index (χ1n) is 6.45. The monoisotopic (exact) mass is 300 g/mol. The molecule has 0 unspecified atom stereocenters. The summed E-state index contributed by atoms with van der Waals surface area (Å²) in [5.41, 5.74) is 1.80. The van der Waals surface area contributed by atoms with Crippen molar-refractivity contribution in [2.45, 2.75) is 11.5 Å². The van der Waals surface area contributed by atoms with E-state index in [1.54, 1.807) is 17.8 Å². The number of hydrogen-bond donors (Lipinski definition) is 1. The normalized spacial score (nSPS) is 10.7. The first kappa shape index (κ1) is 15.2. The SMILES string of the molecule is CSc1ccccc1OCc1ccccc1C=CC(=O)O. The van der Waals surface area contributed by atoms with Gasteiger partial charge in [0.05, 0.1) is 0 Å². The first-order valence-corrected chi connectivity index (χ1v) is 7.68. The highest BCUT2D eigenvalue weighted by molar-refractivity contribution is 7.98. The van der Waals surface area contributed by atoms with Crippen LogP contribution in [0.1, 0.15) is 11.1 Å². The number of ether oxygens (including phenoxy) is 1. The van der Waals surface area contributed by atoms with Crippen LogP contribution in [-0.2, 0) is 11.4 Å². The van der Waals surface area contributed by atoms with Crippen molar-refractivity contribution in [3.05, 3.63) is 65.7 Å². The zero-order valence-corrected chi connectivity index (χ0v) is 12.5. The lowest BCUT2D eigenvalue weighted by molar-refractivity contribution is -0.131. The van der Waals surface area contributed by atoms with Gasteiger partial charge in [0.25, 0.3) is 0 Å². The average molecular weight is 300 g/mol. The summed E-state index contributed by atoms with van der Waals surface area (Å²) < 4.78 is 5.86. The summed E-state index contributed by atoms with van der Waals surface area (Å²) in [6.07, 6.45) is 4.72. The molecule has 2 aromatic carbocycles. The minimum atomic E-state index is -0.960. The van der Waals surface area contributed by atoms with E-state index in [2.05, 4.69) is 0 Å². The summed E-state index contributed by atoms with van der Waals surface area (Å²) in [6.45, 7) is 0.401. The molecule has 0 amide bonds. The molecule has 0 heterocycles. The number of thioether (sulfide) groups is 1. The third kappa shape index (κ3) is 4.39. The molecule has 0 saturated heterocycles. The molecule has 0 aliphatic heterocycles.